The van der Waals surface area contributed by atoms with E-state index >= 15 is 0 Å². The summed E-state index contributed by atoms with van der Waals surface area (Å²) in [5, 5.41) is 14.3. The summed E-state index contributed by atoms with van der Waals surface area (Å²) in [6, 6.07) is 27.5. The largest absolute Gasteiger partial charge is 0.386 e. The number of rotatable bonds is 5. The van der Waals surface area contributed by atoms with Gasteiger partial charge < -0.3 is 10.4 Å². The molecule has 0 aliphatic rings. The molecule has 0 aromatic heterocycles. The van der Waals surface area contributed by atoms with Crippen molar-refractivity contribution in [2.24, 2.45) is 0 Å². The summed E-state index contributed by atoms with van der Waals surface area (Å²) in [5.41, 5.74) is 2.91. The summed E-state index contributed by atoms with van der Waals surface area (Å²) in [6.07, 6.45) is -0.637. The van der Waals surface area contributed by atoms with Crippen LogP contribution in [-0.4, -0.2) is 5.11 Å². The number of aliphatic hydroxyl groups is 1. The van der Waals surface area contributed by atoms with Crippen molar-refractivity contribution in [2.75, 3.05) is 5.32 Å². The molecule has 0 saturated heterocycles. The van der Waals surface area contributed by atoms with E-state index in [0.29, 0.717) is 0 Å². The van der Waals surface area contributed by atoms with E-state index < -0.39 is 6.10 Å². The van der Waals surface area contributed by atoms with Crippen molar-refractivity contribution >= 4 is 21.6 Å². The molecule has 116 valence electrons. The highest BCUT2D eigenvalue weighted by molar-refractivity contribution is 9.10. The van der Waals surface area contributed by atoms with E-state index in [-0.39, 0.29) is 6.04 Å². The van der Waals surface area contributed by atoms with Gasteiger partial charge in [-0.2, -0.15) is 0 Å². The molecule has 3 rings (SSSR count). The topological polar surface area (TPSA) is 32.3 Å². The second-order valence-corrected chi connectivity index (χ2v) is 6.31. The Kier molecular flexibility index (Phi) is 5.11. The summed E-state index contributed by atoms with van der Waals surface area (Å²) in [6.45, 7) is 0. The highest BCUT2D eigenvalue weighted by Crippen LogP contribution is 2.32. The van der Waals surface area contributed by atoms with Crippen molar-refractivity contribution in [3.63, 3.8) is 0 Å². The molecular formula is C20H18BrNO. The third-order valence-electron chi connectivity index (χ3n) is 3.78. The summed E-state index contributed by atoms with van der Waals surface area (Å²) in [7, 11) is 0. The summed E-state index contributed by atoms with van der Waals surface area (Å²) >= 11 is 3.45. The molecule has 0 amide bonds. The third kappa shape index (κ3) is 4.01. The molecule has 0 heterocycles. The first-order chi connectivity index (χ1) is 11.2. The zero-order valence-electron chi connectivity index (χ0n) is 12.6. The predicted molar refractivity (Wildman–Crippen MR) is 98.3 cm³/mol. The van der Waals surface area contributed by atoms with Crippen LogP contribution in [0.4, 0.5) is 5.69 Å². The lowest BCUT2D eigenvalue weighted by atomic mass is 9.95. The van der Waals surface area contributed by atoms with Crippen molar-refractivity contribution in [1.82, 2.24) is 0 Å². The number of hydrogen-bond donors (Lipinski definition) is 2. The first kappa shape index (κ1) is 15.8. The smallest absolute Gasteiger partial charge is 0.103 e. The fraction of sp³-hybridized carbons (Fsp3) is 0.100. The average molecular weight is 368 g/mol. The molecule has 0 aliphatic carbocycles. The Labute approximate surface area is 144 Å². The van der Waals surface area contributed by atoms with E-state index in [4.69, 9.17) is 0 Å². The molecule has 3 heteroatoms. The molecule has 2 atom stereocenters. The van der Waals surface area contributed by atoms with Gasteiger partial charge in [0.25, 0.3) is 0 Å². The van der Waals surface area contributed by atoms with Crippen LogP contribution in [0.1, 0.15) is 23.3 Å². The minimum absolute atomic E-state index is 0.222. The number of hydrogen-bond acceptors (Lipinski definition) is 2. The van der Waals surface area contributed by atoms with Gasteiger partial charge in [-0.3, -0.25) is 0 Å². The first-order valence-corrected chi connectivity index (χ1v) is 8.33. The quantitative estimate of drug-likeness (QED) is 0.638. The standard InChI is InChI=1S/C20H18BrNO/c21-17-11-13-18(14-12-17)22-19(15-7-3-1-4-8-15)20(23)16-9-5-2-6-10-16/h1-14,19-20,22-23H/t19-,20-/m0/s1. The predicted octanol–water partition coefficient (Wildman–Crippen LogP) is 5.34. The molecule has 0 unspecified atom stereocenters. The Morgan fingerprint density at radius 1 is 0.696 bits per heavy atom. The van der Waals surface area contributed by atoms with Gasteiger partial charge in [0.1, 0.15) is 6.10 Å². The van der Waals surface area contributed by atoms with Crippen molar-refractivity contribution in [3.05, 3.63) is 101 Å². The minimum atomic E-state index is -0.637. The molecule has 0 aliphatic heterocycles. The monoisotopic (exact) mass is 367 g/mol. The van der Waals surface area contributed by atoms with E-state index in [1.807, 2.05) is 84.9 Å². The van der Waals surface area contributed by atoms with Crippen molar-refractivity contribution < 1.29 is 5.11 Å². The van der Waals surface area contributed by atoms with Gasteiger partial charge in [0.05, 0.1) is 6.04 Å². The van der Waals surface area contributed by atoms with Gasteiger partial charge in [-0.05, 0) is 35.4 Å². The second-order valence-electron chi connectivity index (χ2n) is 5.40. The Morgan fingerprint density at radius 2 is 1.22 bits per heavy atom. The molecule has 23 heavy (non-hydrogen) atoms. The first-order valence-electron chi connectivity index (χ1n) is 7.54. The van der Waals surface area contributed by atoms with Crippen LogP contribution in [0.5, 0.6) is 0 Å². The van der Waals surface area contributed by atoms with Gasteiger partial charge in [-0.15, -0.1) is 0 Å². The average Bonchev–Trinajstić information content (AvgIpc) is 2.62. The molecule has 0 bridgehead atoms. The Hall–Kier alpha value is -2.10. The van der Waals surface area contributed by atoms with E-state index in [9.17, 15) is 5.11 Å². The maximum absolute atomic E-state index is 10.9. The van der Waals surface area contributed by atoms with Crippen molar-refractivity contribution in [3.8, 4) is 0 Å². The van der Waals surface area contributed by atoms with Crippen LogP contribution in [0.25, 0.3) is 0 Å². The van der Waals surface area contributed by atoms with Crippen LogP contribution >= 0.6 is 15.9 Å². The van der Waals surface area contributed by atoms with Gasteiger partial charge in [0.2, 0.25) is 0 Å². The summed E-state index contributed by atoms with van der Waals surface area (Å²) in [4.78, 5) is 0. The van der Waals surface area contributed by atoms with Crippen LogP contribution in [0.3, 0.4) is 0 Å². The highest BCUT2D eigenvalue weighted by atomic mass is 79.9. The Bertz CT molecular complexity index is 729. The van der Waals surface area contributed by atoms with Crippen LogP contribution in [0.15, 0.2) is 89.4 Å². The van der Waals surface area contributed by atoms with Gasteiger partial charge in [-0.25, -0.2) is 0 Å². The molecule has 3 aromatic carbocycles. The maximum atomic E-state index is 10.9. The van der Waals surface area contributed by atoms with Crippen molar-refractivity contribution in [1.29, 1.82) is 0 Å². The number of nitrogens with one attached hydrogen (secondary N) is 1. The molecule has 2 nitrogen and oxygen atoms in total. The molecule has 0 radical (unpaired) electrons. The molecular weight excluding hydrogens is 350 g/mol. The molecule has 0 fully saturated rings. The second kappa shape index (κ2) is 7.44. The number of benzene rings is 3. The summed E-state index contributed by atoms with van der Waals surface area (Å²) < 4.78 is 1.03. The van der Waals surface area contributed by atoms with E-state index in [1.165, 1.54) is 0 Å². The van der Waals surface area contributed by atoms with Crippen LogP contribution < -0.4 is 5.32 Å². The van der Waals surface area contributed by atoms with Gasteiger partial charge >= 0.3 is 0 Å². The van der Waals surface area contributed by atoms with Gasteiger partial charge in [0.15, 0.2) is 0 Å². The van der Waals surface area contributed by atoms with E-state index in [2.05, 4.69) is 21.2 Å². The SMILES string of the molecule is O[C@@H](c1ccccc1)[C@@H](Nc1ccc(Br)cc1)c1ccccc1. The normalized spacial score (nSPS) is 13.3. The van der Waals surface area contributed by atoms with Gasteiger partial charge in [-0.1, -0.05) is 76.6 Å². The lowest BCUT2D eigenvalue weighted by molar-refractivity contribution is 0.155. The fourth-order valence-electron chi connectivity index (χ4n) is 2.57. The van der Waals surface area contributed by atoms with Crippen LogP contribution in [0.2, 0.25) is 0 Å². The van der Waals surface area contributed by atoms with Crippen LogP contribution in [-0.2, 0) is 0 Å². The molecule has 2 N–H and O–H groups in total. The lowest BCUT2D eigenvalue weighted by Gasteiger charge is -2.26. The molecule has 3 aromatic rings. The number of halogens is 1. The Morgan fingerprint density at radius 3 is 1.78 bits per heavy atom. The maximum Gasteiger partial charge on any atom is 0.103 e. The van der Waals surface area contributed by atoms with Gasteiger partial charge in [0, 0.05) is 10.2 Å². The van der Waals surface area contributed by atoms with Crippen molar-refractivity contribution in [2.45, 2.75) is 12.1 Å². The molecule has 0 saturated carbocycles. The van der Waals surface area contributed by atoms with Crippen LogP contribution in [0, 0.1) is 0 Å². The highest BCUT2D eigenvalue weighted by Gasteiger charge is 2.22. The zero-order valence-corrected chi connectivity index (χ0v) is 14.1. The van der Waals surface area contributed by atoms with E-state index in [1.54, 1.807) is 0 Å². The molecule has 0 spiro atoms. The summed E-state index contributed by atoms with van der Waals surface area (Å²) in [5.74, 6) is 0. The Balaban J connectivity index is 1.92. The third-order valence-corrected chi connectivity index (χ3v) is 4.31. The zero-order chi connectivity index (χ0) is 16.1. The van der Waals surface area contributed by atoms with E-state index in [0.717, 1.165) is 21.3 Å². The lowest BCUT2D eigenvalue weighted by Crippen LogP contribution is -2.19. The fourth-order valence-corrected chi connectivity index (χ4v) is 2.84. The number of aliphatic hydroxyl groups excluding tert-OH is 1. The number of anilines is 1. The minimum Gasteiger partial charge on any atom is -0.386 e.